The summed E-state index contributed by atoms with van der Waals surface area (Å²) in [5, 5.41) is 26.0. The van der Waals surface area contributed by atoms with Crippen molar-refractivity contribution in [2.75, 3.05) is 26.8 Å². The van der Waals surface area contributed by atoms with E-state index in [1.54, 1.807) is 13.2 Å². The van der Waals surface area contributed by atoms with Crippen LogP contribution in [0.1, 0.15) is 5.56 Å². The van der Waals surface area contributed by atoms with Crippen LogP contribution < -0.4 is 14.8 Å². The van der Waals surface area contributed by atoms with Crippen LogP contribution in [0.5, 0.6) is 17.2 Å². The number of para-hydroxylation sites is 3. The van der Waals surface area contributed by atoms with Crippen molar-refractivity contribution in [2.24, 2.45) is 0 Å². The van der Waals surface area contributed by atoms with Crippen molar-refractivity contribution in [3.63, 3.8) is 0 Å². The van der Waals surface area contributed by atoms with Crippen molar-refractivity contribution in [2.45, 2.75) is 12.5 Å². The van der Waals surface area contributed by atoms with Gasteiger partial charge in [0.15, 0.2) is 11.5 Å². The number of H-pyrrole nitrogens is 1. The molecule has 3 aromatic carbocycles. The molecule has 6 nitrogen and oxygen atoms in total. The average molecular weight is 406 g/mol. The second-order valence-electron chi connectivity index (χ2n) is 7.23. The maximum atomic E-state index is 10.5. The highest BCUT2D eigenvalue weighted by atomic mass is 16.5. The van der Waals surface area contributed by atoms with E-state index in [9.17, 15) is 10.2 Å². The molecule has 30 heavy (non-hydrogen) atoms. The number of ether oxygens (including phenoxy) is 2. The van der Waals surface area contributed by atoms with Gasteiger partial charge in [0.25, 0.3) is 0 Å². The average Bonchev–Trinajstić information content (AvgIpc) is 3.16. The Bertz CT molecular complexity index is 1140. The number of aromatic amines is 1. The van der Waals surface area contributed by atoms with Crippen LogP contribution in [0.2, 0.25) is 0 Å². The zero-order valence-electron chi connectivity index (χ0n) is 16.9. The highest BCUT2D eigenvalue weighted by Gasteiger charge is 2.15. The predicted octanol–water partition coefficient (Wildman–Crippen LogP) is 3.61. The second kappa shape index (κ2) is 9.07. The van der Waals surface area contributed by atoms with Crippen LogP contribution in [-0.4, -0.2) is 48.1 Å². The molecule has 1 aromatic heterocycles. The Balaban J connectivity index is 1.35. The van der Waals surface area contributed by atoms with Crippen molar-refractivity contribution in [1.82, 2.24) is 10.3 Å². The minimum atomic E-state index is -0.558. The molecule has 0 bridgehead atoms. The molecule has 156 valence electrons. The number of rotatable bonds is 9. The van der Waals surface area contributed by atoms with Gasteiger partial charge >= 0.3 is 0 Å². The number of phenolic OH excluding ortho intramolecular Hbond substituents is 1. The van der Waals surface area contributed by atoms with Crippen molar-refractivity contribution >= 4 is 21.8 Å². The monoisotopic (exact) mass is 406 g/mol. The van der Waals surface area contributed by atoms with Crippen molar-refractivity contribution < 1.29 is 19.7 Å². The van der Waals surface area contributed by atoms with Gasteiger partial charge in [0.2, 0.25) is 0 Å². The minimum Gasteiger partial charge on any atom is -0.506 e. The lowest BCUT2D eigenvalue weighted by Gasteiger charge is -2.14. The van der Waals surface area contributed by atoms with Crippen LogP contribution >= 0.6 is 0 Å². The summed E-state index contributed by atoms with van der Waals surface area (Å²) in [5.74, 6) is 1.62. The van der Waals surface area contributed by atoms with E-state index in [1.165, 1.54) is 0 Å². The lowest BCUT2D eigenvalue weighted by atomic mass is 10.0. The Morgan fingerprint density at radius 3 is 2.60 bits per heavy atom. The zero-order chi connectivity index (χ0) is 20.9. The van der Waals surface area contributed by atoms with Crippen LogP contribution in [0.4, 0.5) is 0 Å². The van der Waals surface area contributed by atoms with Crippen LogP contribution in [0, 0.1) is 0 Å². The van der Waals surface area contributed by atoms with E-state index in [-0.39, 0.29) is 5.75 Å². The molecule has 0 spiro atoms. The molecule has 1 atom stereocenters. The first-order valence-electron chi connectivity index (χ1n) is 10.0. The number of hydrogen-bond donors (Lipinski definition) is 4. The van der Waals surface area contributed by atoms with Crippen LogP contribution in [-0.2, 0) is 6.42 Å². The number of aromatic nitrogens is 1. The molecule has 0 saturated carbocycles. The number of phenols is 1. The first-order valence-corrected chi connectivity index (χ1v) is 10.0. The van der Waals surface area contributed by atoms with Crippen LogP contribution in [0.25, 0.3) is 21.8 Å². The van der Waals surface area contributed by atoms with Gasteiger partial charge in [-0.15, -0.1) is 0 Å². The summed E-state index contributed by atoms with van der Waals surface area (Å²) in [6, 6.07) is 19.0. The Kier molecular flexibility index (Phi) is 6.07. The van der Waals surface area contributed by atoms with Crippen molar-refractivity contribution in [3.8, 4) is 17.2 Å². The molecule has 0 amide bonds. The number of aliphatic hydroxyl groups excluding tert-OH is 1. The van der Waals surface area contributed by atoms with Crippen LogP contribution in [0.15, 0.2) is 60.7 Å². The maximum absolute atomic E-state index is 10.5. The summed E-state index contributed by atoms with van der Waals surface area (Å²) in [7, 11) is 1.62. The van der Waals surface area contributed by atoms with Gasteiger partial charge in [0, 0.05) is 35.8 Å². The molecule has 4 rings (SSSR count). The molecule has 4 aromatic rings. The van der Waals surface area contributed by atoms with Gasteiger partial charge in [-0.3, -0.25) is 0 Å². The van der Waals surface area contributed by atoms with E-state index >= 15 is 0 Å². The fourth-order valence-corrected chi connectivity index (χ4v) is 3.75. The van der Waals surface area contributed by atoms with Crippen molar-refractivity contribution in [3.05, 3.63) is 66.2 Å². The van der Waals surface area contributed by atoms with Crippen molar-refractivity contribution in [1.29, 1.82) is 0 Å². The molecule has 0 aliphatic carbocycles. The van der Waals surface area contributed by atoms with Gasteiger partial charge in [0.05, 0.1) is 18.7 Å². The standard InChI is InChI=1S/C24H26N2O4/c1-29-21-8-4-5-9-22(21)30-13-12-25-15-17(27)14-16-10-11-20(28)24-23(16)18-6-2-3-7-19(18)26-24/h2-11,17,25-28H,12-15H2,1H3. The fourth-order valence-electron chi connectivity index (χ4n) is 3.75. The van der Waals surface area contributed by atoms with Crippen LogP contribution in [0.3, 0.4) is 0 Å². The van der Waals surface area contributed by atoms with E-state index in [1.807, 2.05) is 54.6 Å². The summed E-state index contributed by atoms with van der Waals surface area (Å²) in [4.78, 5) is 3.27. The number of methoxy groups -OCH3 is 1. The van der Waals surface area contributed by atoms with Gasteiger partial charge < -0.3 is 30.0 Å². The molecule has 0 fully saturated rings. The summed E-state index contributed by atoms with van der Waals surface area (Å²) in [6.07, 6.45) is -0.0726. The third kappa shape index (κ3) is 4.20. The van der Waals surface area contributed by atoms with E-state index in [0.29, 0.717) is 43.1 Å². The number of benzene rings is 3. The molecule has 4 N–H and O–H groups in total. The molecule has 0 aliphatic rings. The summed E-state index contributed by atoms with van der Waals surface area (Å²) >= 11 is 0. The molecule has 1 unspecified atom stereocenters. The molecule has 1 heterocycles. The highest BCUT2D eigenvalue weighted by molar-refractivity contribution is 6.10. The Hall–Kier alpha value is -3.22. The van der Waals surface area contributed by atoms with E-state index in [2.05, 4.69) is 10.3 Å². The van der Waals surface area contributed by atoms with E-state index in [4.69, 9.17) is 9.47 Å². The molecular formula is C24H26N2O4. The highest BCUT2D eigenvalue weighted by Crippen LogP contribution is 2.34. The van der Waals surface area contributed by atoms with Gasteiger partial charge in [-0.05, 0) is 29.8 Å². The van der Waals surface area contributed by atoms with E-state index in [0.717, 1.165) is 21.9 Å². The number of aromatic hydroxyl groups is 1. The Morgan fingerprint density at radius 2 is 1.77 bits per heavy atom. The zero-order valence-corrected chi connectivity index (χ0v) is 16.9. The molecule has 6 heteroatoms. The molecular weight excluding hydrogens is 380 g/mol. The Morgan fingerprint density at radius 1 is 1.00 bits per heavy atom. The first-order chi connectivity index (χ1) is 14.7. The van der Waals surface area contributed by atoms with Gasteiger partial charge in [0.1, 0.15) is 12.4 Å². The lowest BCUT2D eigenvalue weighted by molar-refractivity contribution is 0.169. The molecule has 0 saturated heterocycles. The smallest absolute Gasteiger partial charge is 0.161 e. The maximum Gasteiger partial charge on any atom is 0.161 e. The topological polar surface area (TPSA) is 86.7 Å². The largest absolute Gasteiger partial charge is 0.506 e. The fraction of sp³-hybridized carbons (Fsp3) is 0.250. The number of aliphatic hydroxyl groups is 1. The SMILES string of the molecule is COc1ccccc1OCCNCC(O)Cc1ccc(O)c2[nH]c3ccccc3c12. The predicted molar refractivity (Wildman–Crippen MR) is 119 cm³/mol. The quantitative estimate of drug-likeness (QED) is 0.319. The number of hydrogen-bond acceptors (Lipinski definition) is 5. The molecule has 0 radical (unpaired) electrons. The van der Waals surface area contributed by atoms with Gasteiger partial charge in [-0.2, -0.15) is 0 Å². The van der Waals surface area contributed by atoms with E-state index < -0.39 is 6.10 Å². The third-order valence-electron chi connectivity index (χ3n) is 5.17. The number of nitrogens with one attached hydrogen (secondary N) is 2. The normalized spacial score (nSPS) is 12.3. The third-order valence-corrected chi connectivity index (χ3v) is 5.17. The summed E-state index contributed by atoms with van der Waals surface area (Å²) < 4.78 is 11.0. The summed E-state index contributed by atoms with van der Waals surface area (Å²) in [6.45, 7) is 1.52. The van der Waals surface area contributed by atoms with Gasteiger partial charge in [-0.25, -0.2) is 0 Å². The molecule has 0 aliphatic heterocycles. The second-order valence-corrected chi connectivity index (χ2v) is 7.23. The Labute approximate surface area is 175 Å². The minimum absolute atomic E-state index is 0.214. The number of fused-ring (bicyclic) bond motifs is 3. The lowest BCUT2D eigenvalue weighted by Crippen LogP contribution is -2.31. The summed E-state index contributed by atoms with van der Waals surface area (Å²) in [5.41, 5.74) is 2.68. The first kappa shape index (κ1) is 20.1. The van der Waals surface area contributed by atoms with Gasteiger partial charge in [-0.1, -0.05) is 36.4 Å².